The first-order valence-corrected chi connectivity index (χ1v) is 20.6. The van der Waals surface area contributed by atoms with Gasteiger partial charge in [-0.25, -0.2) is 0 Å². The molecule has 4 unspecified atom stereocenters. The number of anilines is 1. The van der Waals surface area contributed by atoms with E-state index in [1.807, 2.05) is 12.1 Å². The fourth-order valence-corrected chi connectivity index (χ4v) is 9.84. The van der Waals surface area contributed by atoms with E-state index in [1.54, 1.807) is 17.0 Å². The van der Waals surface area contributed by atoms with Gasteiger partial charge in [-0.05, 0) is 109 Å². The second kappa shape index (κ2) is 16.7. The SMILES string of the molecule is CC/C(=C(\c1ccc(O)cc1)c1ccc(N2CCC(CCN3CCN(C4CC5CN(C6CCC(=O)NC6=O)C(=O)C5CN4)CC3)CC2)cc1)c1ccccc1. The van der Waals surface area contributed by atoms with E-state index in [2.05, 4.69) is 86.9 Å². The number of phenols is 1. The molecule has 5 aliphatic rings. The Hall–Kier alpha value is -4.51. The maximum Gasteiger partial charge on any atom is 0.249 e. The molecular weight excluding hydrogens is 689 g/mol. The molecule has 10 heteroatoms. The van der Waals surface area contributed by atoms with E-state index >= 15 is 0 Å². The smallest absolute Gasteiger partial charge is 0.249 e. The van der Waals surface area contributed by atoms with Crippen LogP contribution in [-0.2, 0) is 14.4 Å². The van der Waals surface area contributed by atoms with Crippen molar-refractivity contribution in [3.8, 4) is 5.75 Å². The predicted octanol–water partition coefficient (Wildman–Crippen LogP) is 5.18. The van der Waals surface area contributed by atoms with Crippen LogP contribution < -0.4 is 15.5 Å². The largest absolute Gasteiger partial charge is 0.508 e. The molecule has 5 aliphatic heterocycles. The van der Waals surface area contributed by atoms with Crippen molar-refractivity contribution < 1.29 is 19.5 Å². The number of hydrogen-bond donors (Lipinski definition) is 3. The number of rotatable bonds is 10. The molecule has 4 atom stereocenters. The van der Waals surface area contributed by atoms with Crippen LogP contribution in [-0.4, -0.2) is 109 Å². The quantitative estimate of drug-likeness (QED) is 0.193. The van der Waals surface area contributed by atoms with Crippen molar-refractivity contribution in [2.75, 3.05) is 63.8 Å². The number of phenolic OH excluding ortho intramolecular Hbond substituents is 1. The highest BCUT2D eigenvalue weighted by Gasteiger charge is 2.49. The minimum Gasteiger partial charge on any atom is -0.508 e. The number of nitrogens with zero attached hydrogens (tertiary/aromatic N) is 4. The first kappa shape index (κ1) is 37.4. The van der Waals surface area contributed by atoms with Crippen LogP contribution in [0.2, 0.25) is 0 Å². The molecule has 5 heterocycles. The number of benzene rings is 3. The molecule has 0 radical (unpaired) electrons. The number of carbonyl (C=O) groups is 3. The van der Waals surface area contributed by atoms with Gasteiger partial charge < -0.3 is 25.1 Å². The Kier molecular flexibility index (Phi) is 11.4. The zero-order chi connectivity index (χ0) is 37.9. The summed E-state index contributed by atoms with van der Waals surface area (Å²) >= 11 is 0. The summed E-state index contributed by atoms with van der Waals surface area (Å²) in [4.78, 5) is 46.9. The van der Waals surface area contributed by atoms with Crippen molar-refractivity contribution in [1.29, 1.82) is 0 Å². The Morgan fingerprint density at radius 3 is 2.16 bits per heavy atom. The van der Waals surface area contributed by atoms with Crippen molar-refractivity contribution in [1.82, 2.24) is 25.3 Å². The van der Waals surface area contributed by atoms with E-state index < -0.39 is 6.04 Å². The lowest BCUT2D eigenvalue weighted by Crippen LogP contribution is -2.58. The van der Waals surface area contributed by atoms with Gasteiger partial charge in [-0.3, -0.25) is 24.6 Å². The number of amides is 3. The number of carbonyl (C=O) groups excluding carboxylic acids is 3. The van der Waals surface area contributed by atoms with E-state index in [4.69, 9.17) is 0 Å². The van der Waals surface area contributed by atoms with E-state index in [0.29, 0.717) is 25.9 Å². The molecule has 0 spiro atoms. The van der Waals surface area contributed by atoms with Crippen molar-refractivity contribution in [2.24, 2.45) is 17.8 Å². The van der Waals surface area contributed by atoms with Crippen molar-refractivity contribution in [2.45, 2.75) is 64.1 Å². The first-order valence-electron chi connectivity index (χ1n) is 20.6. The van der Waals surface area contributed by atoms with Gasteiger partial charge in [0.1, 0.15) is 11.8 Å². The van der Waals surface area contributed by atoms with Crippen molar-refractivity contribution in [3.05, 3.63) is 95.6 Å². The summed E-state index contributed by atoms with van der Waals surface area (Å²) in [7, 11) is 0. The first-order chi connectivity index (χ1) is 26.8. The topological polar surface area (TPSA) is 108 Å². The van der Waals surface area contributed by atoms with Crippen molar-refractivity contribution >= 4 is 34.6 Å². The molecule has 8 rings (SSSR count). The van der Waals surface area contributed by atoms with Crippen LogP contribution in [0.25, 0.3) is 11.1 Å². The molecule has 0 aromatic heterocycles. The lowest BCUT2D eigenvalue weighted by Gasteiger charge is -2.43. The fraction of sp³-hybridized carbons (Fsp3) is 0.489. The van der Waals surface area contributed by atoms with Gasteiger partial charge in [-0.1, -0.05) is 61.5 Å². The summed E-state index contributed by atoms with van der Waals surface area (Å²) in [6, 6.07) is 26.8. The van der Waals surface area contributed by atoms with E-state index in [0.717, 1.165) is 70.1 Å². The number of likely N-dealkylation sites (tertiary alicyclic amines) is 1. The lowest BCUT2D eigenvalue weighted by atomic mass is 9.87. The number of aromatic hydroxyl groups is 1. The number of allylic oxidation sites excluding steroid dienone is 1. The van der Waals surface area contributed by atoms with E-state index in [1.165, 1.54) is 47.2 Å². The maximum atomic E-state index is 13.2. The molecule has 0 aliphatic carbocycles. The van der Waals surface area contributed by atoms with Crippen LogP contribution in [0.5, 0.6) is 5.75 Å². The maximum absolute atomic E-state index is 13.2. The fourth-order valence-electron chi connectivity index (χ4n) is 9.84. The summed E-state index contributed by atoms with van der Waals surface area (Å²) in [5.41, 5.74) is 7.33. The Morgan fingerprint density at radius 2 is 1.49 bits per heavy atom. The van der Waals surface area contributed by atoms with Gasteiger partial charge in [0.25, 0.3) is 0 Å². The Labute approximate surface area is 325 Å². The molecule has 0 saturated carbocycles. The third kappa shape index (κ3) is 8.23. The van der Waals surface area contributed by atoms with E-state index in [-0.39, 0.29) is 41.5 Å². The average Bonchev–Trinajstić information content (AvgIpc) is 3.55. The summed E-state index contributed by atoms with van der Waals surface area (Å²) < 4.78 is 0. The zero-order valence-electron chi connectivity index (χ0n) is 32.2. The lowest BCUT2D eigenvalue weighted by molar-refractivity contribution is -0.144. The number of fused-ring (bicyclic) bond motifs is 1. The molecule has 3 N–H and O–H groups in total. The Bertz CT molecular complexity index is 1850. The van der Waals surface area contributed by atoms with Gasteiger partial charge in [0, 0.05) is 64.5 Å². The number of hydrogen-bond acceptors (Lipinski definition) is 8. The highest BCUT2D eigenvalue weighted by atomic mass is 16.3. The van der Waals surface area contributed by atoms with Crippen molar-refractivity contribution in [3.63, 3.8) is 0 Å². The molecule has 10 nitrogen and oxygen atoms in total. The Morgan fingerprint density at radius 1 is 0.800 bits per heavy atom. The van der Waals surface area contributed by atoms with Crippen LogP contribution in [0.1, 0.15) is 68.6 Å². The molecule has 3 amide bonds. The molecule has 5 fully saturated rings. The van der Waals surface area contributed by atoms with Crippen LogP contribution in [0, 0.1) is 17.8 Å². The number of piperazine rings is 1. The molecular formula is C45H56N6O4. The highest BCUT2D eigenvalue weighted by Crippen LogP contribution is 2.37. The van der Waals surface area contributed by atoms with Gasteiger partial charge in [-0.15, -0.1) is 0 Å². The molecule has 55 heavy (non-hydrogen) atoms. The van der Waals surface area contributed by atoms with Gasteiger partial charge >= 0.3 is 0 Å². The molecule has 0 bridgehead atoms. The minimum atomic E-state index is -0.509. The molecule has 290 valence electrons. The molecule has 3 aromatic rings. The van der Waals surface area contributed by atoms with Gasteiger partial charge in [-0.2, -0.15) is 0 Å². The van der Waals surface area contributed by atoms with E-state index in [9.17, 15) is 19.5 Å². The summed E-state index contributed by atoms with van der Waals surface area (Å²) in [6.45, 7) is 11.0. The zero-order valence-corrected chi connectivity index (χ0v) is 32.2. The third-order valence-electron chi connectivity index (χ3n) is 13.1. The minimum absolute atomic E-state index is 0.0667. The number of piperidine rings is 3. The second-order valence-electron chi connectivity index (χ2n) is 16.2. The summed E-state index contributed by atoms with van der Waals surface area (Å²) in [5, 5.41) is 16.1. The van der Waals surface area contributed by atoms with Crippen LogP contribution in [0.3, 0.4) is 0 Å². The standard InChI is InChI=1S/C45H56N6O4/c1-2-38(32-6-4-3-5-7-32)43(34-10-14-37(52)15-11-34)33-8-12-36(13-9-33)49-22-19-31(20-23-49)18-21-48-24-26-50(27-25-48)41-28-35-30-51(45(55)39(35)29-46-41)40-16-17-42(53)47-44(40)54/h3-15,31,35,39-41,46,52H,2,16-30H2,1H3,(H,47,53,54)/b43-38+. The van der Waals surface area contributed by atoms with Gasteiger partial charge in [0.2, 0.25) is 17.7 Å². The number of imide groups is 1. The Balaban J connectivity index is 0.800. The second-order valence-corrected chi connectivity index (χ2v) is 16.2. The third-order valence-corrected chi connectivity index (χ3v) is 13.1. The normalized spacial score (nSPS) is 26.2. The predicted molar refractivity (Wildman–Crippen MR) is 216 cm³/mol. The van der Waals surface area contributed by atoms with Crippen LogP contribution in [0.15, 0.2) is 78.9 Å². The number of nitrogens with one attached hydrogen (secondary N) is 2. The summed E-state index contributed by atoms with van der Waals surface area (Å²) in [6.07, 6.45) is 6.51. The molecule has 5 saturated heterocycles. The monoisotopic (exact) mass is 744 g/mol. The van der Waals surface area contributed by atoms with Gasteiger partial charge in [0.15, 0.2) is 0 Å². The summed E-state index contributed by atoms with van der Waals surface area (Å²) in [5.74, 6) is 0.709. The average molecular weight is 745 g/mol. The van der Waals surface area contributed by atoms with Crippen LogP contribution in [0.4, 0.5) is 5.69 Å². The van der Waals surface area contributed by atoms with Gasteiger partial charge in [0.05, 0.1) is 12.1 Å². The highest BCUT2D eigenvalue weighted by molar-refractivity contribution is 6.02. The van der Waals surface area contributed by atoms with Crippen LogP contribution >= 0.6 is 0 Å². The molecule has 3 aromatic carbocycles.